The van der Waals surface area contributed by atoms with E-state index in [-0.39, 0.29) is 0 Å². The second-order valence-corrected chi connectivity index (χ2v) is 7.31. The summed E-state index contributed by atoms with van der Waals surface area (Å²) in [5, 5.41) is 5.96. The van der Waals surface area contributed by atoms with Crippen LogP contribution in [-0.2, 0) is 11.3 Å². The summed E-state index contributed by atoms with van der Waals surface area (Å²) >= 11 is 12.2. The predicted octanol–water partition coefficient (Wildman–Crippen LogP) is 4.23. The summed E-state index contributed by atoms with van der Waals surface area (Å²) < 4.78 is 7.45. The molecule has 1 fully saturated rings. The molecule has 0 N–H and O–H groups in total. The van der Waals surface area contributed by atoms with Crippen molar-refractivity contribution in [2.24, 2.45) is 0 Å². The summed E-state index contributed by atoms with van der Waals surface area (Å²) in [6, 6.07) is 18.2. The van der Waals surface area contributed by atoms with E-state index in [1.54, 1.807) is 0 Å². The first-order valence-corrected chi connectivity index (χ1v) is 9.68. The van der Waals surface area contributed by atoms with Gasteiger partial charge in [0, 0.05) is 29.8 Å². The first-order chi connectivity index (χ1) is 13.2. The number of benzene rings is 2. The Labute approximate surface area is 168 Å². The molecule has 0 saturated carbocycles. The van der Waals surface area contributed by atoms with Crippen LogP contribution >= 0.6 is 23.2 Å². The fraction of sp³-hybridized carbons (Fsp3) is 0.238. The van der Waals surface area contributed by atoms with Crippen LogP contribution in [0.2, 0.25) is 10.0 Å². The largest absolute Gasteiger partial charge is 0.378 e. The van der Waals surface area contributed by atoms with Crippen molar-refractivity contribution in [1.29, 1.82) is 0 Å². The summed E-state index contributed by atoms with van der Waals surface area (Å²) in [7, 11) is 0. The van der Waals surface area contributed by atoms with Gasteiger partial charge in [0.05, 0.1) is 28.8 Å². The molecule has 6 heteroatoms. The minimum absolute atomic E-state index is 0.558. The molecule has 1 aromatic heterocycles. The second-order valence-electron chi connectivity index (χ2n) is 6.50. The summed E-state index contributed by atoms with van der Waals surface area (Å²) in [6.07, 6.45) is 2.07. The molecule has 1 aliphatic rings. The quantitative estimate of drug-likeness (QED) is 0.613. The van der Waals surface area contributed by atoms with Crippen molar-refractivity contribution in [2.45, 2.75) is 6.54 Å². The molecule has 4 nitrogen and oxygen atoms in total. The summed E-state index contributed by atoms with van der Waals surface area (Å²) in [6.45, 7) is 3.76. The molecule has 1 aliphatic heterocycles. The number of aromatic nitrogens is 2. The maximum absolute atomic E-state index is 6.18. The average molecular weight is 401 g/mol. The molecule has 4 rings (SSSR count). The van der Waals surface area contributed by atoms with E-state index in [1.165, 1.54) is 0 Å². The maximum Gasteiger partial charge on any atom is 0.204 e. The van der Waals surface area contributed by atoms with Crippen LogP contribution in [0.3, 0.4) is 0 Å². The monoisotopic (exact) mass is 400 g/mol. The van der Waals surface area contributed by atoms with Crippen LogP contribution < -0.4 is 9.58 Å². The summed E-state index contributed by atoms with van der Waals surface area (Å²) in [5.74, 6) is 0.958. The normalized spacial score (nSPS) is 14.4. The van der Waals surface area contributed by atoms with Gasteiger partial charge < -0.3 is 9.64 Å². The smallest absolute Gasteiger partial charge is 0.204 e. The van der Waals surface area contributed by atoms with Crippen molar-refractivity contribution < 1.29 is 9.42 Å². The third kappa shape index (κ3) is 4.41. The first kappa shape index (κ1) is 18.2. The molecule has 138 valence electrons. The molecule has 1 saturated heterocycles. The van der Waals surface area contributed by atoms with Gasteiger partial charge in [-0.05, 0) is 17.7 Å². The second kappa shape index (κ2) is 8.26. The lowest BCUT2D eigenvalue weighted by atomic mass is 10.1. The Hall–Kier alpha value is -2.14. The Morgan fingerprint density at radius 1 is 0.926 bits per heavy atom. The topological polar surface area (TPSA) is 29.2 Å². The van der Waals surface area contributed by atoms with E-state index >= 15 is 0 Å². The third-order valence-electron chi connectivity index (χ3n) is 4.57. The molecule has 0 radical (unpaired) electrons. The molecule has 3 aromatic rings. The number of ether oxygens (including phenoxy) is 1. The minimum Gasteiger partial charge on any atom is -0.378 e. The van der Waals surface area contributed by atoms with E-state index in [1.807, 2.05) is 41.1 Å². The van der Waals surface area contributed by atoms with E-state index in [2.05, 4.69) is 29.3 Å². The van der Waals surface area contributed by atoms with Crippen LogP contribution in [0.1, 0.15) is 5.56 Å². The van der Waals surface area contributed by atoms with Crippen LogP contribution in [0.4, 0.5) is 5.82 Å². The van der Waals surface area contributed by atoms with Crippen LogP contribution in [0, 0.1) is 0 Å². The third-order valence-corrected chi connectivity index (χ3v) is 5.31. The van der Waals surface area contributed by atoms with Crippen molar-refractivity contribution in [3.63, 3.8) is 0 Å². The number of hydrogen-bond acceptors (Lipinski definition) is 3. The zero-order chi connectivity index (χ0) is 18.6. The van der Waals surface area contributed by atoms with Gasteiger partial charge in [-0.3, -0.25) is 0 Å². The van der Waals surface area contributed by atoms with Gasteiger partial charge in [0.15, 0.2) is 12.4 Å². The number of anilines is 1. The highest BCUT2D eigenvalue weighted by Crippen LogP contribution is 2.24. The van der Waals surface area contributed by atoms with E-state index in [9.17, 15) is 0 Å². The number of nitrogens with zero attached hydrogens (tertiary/aromatic N) is 3. The SMILES string of the molecule is Clc1ccc(C[n+]2cc(-c3ccccc3)cc(N3CCOCC3)n2)cc1Cl. The molecule has 0 unspecified atom stereocenters. The van der Waals surface area contributed by atoms with Crippen molar-refractivity contribution in [3.05, 3.63) is 76.4 Å². The van der Waals surface area contributed by atoms with Crippen LogP contribution in [-0.4, -0.2) is 31.4 Å². The van der Waals surface area contributed by atoms with E-state index in [4.69, 9.17) is 33.0 Å². The van der Waals surface area contributed by atoms with Gasteiger partial charge in [0.25, 0.3) is 0 Å². The molecule has 0 amide bonds. The maximum atomic E-state index is 6.18. The Bertz CT molecular complexity index is 928. The van der Waals surface area contributed by atoms with E-state index in [0.717, 1.165) is 48.8 Å². The van der Waals surface area contributed by atoms with Gasteiger partial charge in [0.2, 0.25) is 6.20 Å². The Balaban J connectivity index is 1.71. The Morgan fingerprint density at radius 3 is 2.44 bits per heavy atom. The lowest BCUT2D eigenvalue weighted by Crippen LogP contribution is -2.43. The highest BCUT2D eigenvalue weighted by molar-refractivity contribution is 6.42. The molecule has 0 atom stereocenters. The van der Waals surface area contributed by atoms with Gasteiger partial charge in [-0.15, -0.1) is 0 Å². The Morgan fingerprint density at radius 2 is 1.70 bits per heavy atom. The van der Waals surface area contributed by atoms with Gasteiger partial charge in [-0.25, -0.2) is 0 Å². The zero-order valence-electron chi connectivity index (χ0n) is 14.8. The fourth-order valence-corrected chi connectivity index (χ4v) is 3.49. The molecule has 2 aromatic carbocycles. The van der Waals surface area contributed by atoms with Crippen molar-refractivity contribution in [1.82, 2.24) is 5.10 Å². The molecule has 2 heterocycles. The van der Waals surface area contributed by atoms with Gasteiger partial charge >= 0.3 is 0 Å². The number of morpholine rings is 1. The van der Waals surface area contributed by atoms with Crippen molar-refractivity contribution in [3.8, 4) is 11.1 Å². The molecule has 0 spiro atoms. The van der Waals surface area contributed by atoms with Gasteiger partial charge in [0.1, 0.15) is 0 Å². The highest BCUT2D eigenvalue weighted by Gasteiger charge is 2.19. The van der Waals surface area contributed by atoms with Crippen molar-refractivity contribution in [2.75, 3.05) is 31.2 Å². The molecule has 0 bridgehead atoms. The molecule has 27 heavy (non-hydrogen) atoms. The number of halogens is 2. The van der Waals surface area contributed by atoms with E-state index in [0.29, 0.717) is 16.6 Å². The standard InChI is InChI=1S/C21H20Cl2N3O/c22-19-7-6-16(12-20(19)23)14-26-15-18(17-4-2-1-3-5-17)13-21(24-26)25-8-10-27-11-9-25/h1-7,12-13,15H,8-11,14H2/q+1. The predicted molar refractivity (Wildman–Crippen MR) is 108 cm³/mol. The fourth-order valence-electron chi connectivity index (χ4n) is 3.17. The molecular formula is C21H20Cl2N3O+. The van der Waals surface area contributed by atoms with Crippen LogP contribution in [0.25, 0.3) is 11.1 Å². The van der Waals surface area contributed by atoms with Crippen molar-refractivity contribution >= 4 is 29.0 Å². The van der Waals surface area contributed by atoms with Crippen LogP contribution in [0.15, 0.2) is 60.8 Å². The zero-order valence-corrected chi connectivity index (χ0v) is 16.3. The number of hydrogen-bond donors (Lipinski definition) is 0. The minimum atomic E-state index is 0.558. The number of rotatable bonds is 4. The van der Waals surface area contributed by atoms with Gasteiger partial charge in [-0.2, -0.15) is 0 Å². The molecule has 0 aliphatic carbocycles. The first-order valence-electron chi connectivity index (χ1n) is 8.93. The van der Waals surface area contributed by atoms with Gasteiger partial charge in [-0.1, -0.05) is 64.3 Å². The lowest BCUT2D eigenvalue weighted by molar-refractivity contribution is -0.744. The summed E-state index contributed by atoms with van der Waals surface area (Å²) in [4.78, 5) is 2.27. The highest BCUT2D eigenvalue weighted by atomic mass is 35.5. The molecular weight excluding hydrogens is 381 g/mol. The Kier molecular flexibility index (Phi) is 5.58. The lowest BCUT2D eigenvalue weighted by Gasteiger charge is -2.26. The van der Waals surface area contributed by atoms with Crippen LogP contribution in [0.5, 0.6) is 0 Å². The summed E-state index contributed by atoms with van der Waals surface area (Å²) in [5.41, 5.74) is 3.35. The average Bonchev–Trinajstić information content (AvgIpc) is 2.72. The van der Waals surface area contributed by atoms with E-state index < -0.39 is 0 Å².